The van der Waals surface area contributed by atoms with E-state index in [-0.39, 0.29) is 17.9 Å². The number of aromatic nitrogens is 3. The number of aliphatic imine (C=N–C) groups is 1. The molecule has 3 aromatic rings. The SMILES string of the molecule is CC.CC1c2c([nH]c3nnc(-c4ccccc4O)cc23)CCN1C1=NCC(C2CCN(CC3CC4(C3)CN(C(=O)OC(C)(C)C)C4)CC2)=CN1. The first-order chi connectivity index (χ1) is 24.0. The van der Waals surface area contributed by atoms with Gasteiger partial charge in [-0.1, -0.05) is 26.0 Å². The van der Waals surface area contributed by atoms with E-state index in [0.717, 1.165) is 68.6 Å². The standard InChI is InChI=1S/C37H48N8O3.C2H6/c1-23-32-28-15-30(27-7-5-6-8-31(27)46)41-42-33(28)40-29(32)11-14-45(23)34-38-18-26(19-39-34)25-9-12-43(13-10-25)20-24-16-37(17-24)21-44(22-37)35(47)48-36(2,3)4;1-2/h5-8,15,18,23-25,46H,9-14,16-17,19-22H2,1-4H3,(H,38,39)(H,40,42);1-2H3. The Labute approximate surface area is 296 Å². The highest BCUT2D eigenvalue weighted by Crippen LogP contribution is 2.52. The van der Waals surface area contributed by atoms with Gasteiger partial charge in [0.05, 0.1) is 18.3 Å². The normalized spacial score (nSPS) is 22.4. The van der Waals surface area contributed by atoms with E-state index in [2.05, 4.69) is 43.4 Å². The molecule has 3 fully saturated rings. The van der Waals surface area contributed by atoms with Gasteiger partial charge in [0, 0.05) is 66.4 Å². The second-order valence-electron chi connectivity index (χ2n) is 15.8. The number of piperidine rings is 1. The molecule has 0 radical (unpaired) electrons. The van der Waals surface area contributed by atoms with E-state index < -0.39 is 5.60 Å². The summed E-state index contributed by atoms with van der Waals surface area (Å²) in [5, 5.41) is 23.9. The first-order valence-corrected chi connectivity index (χ1v) is 18.7. The number of nitrogens with zero attached hydrogens (tertiary/aromatic N) is 6. The van der Waals surface area contributed by atoms with Gasteiger partial charge in [-0.2, -0.15) is 0 Å². The lowest BCUT2D eigenvalue weighted by Crippen LogP contribution is -2.65. The van der Waals surface area contributed by atoms with Crippen LogP contribution in [0.4, 0.5) is 4.79 Å². The number of phenols is 1. The topological polar surface area (TPSA) is 122 Å². The van der Waals surface area contributed by atoms with Crippen molar-refractivity contribution < 1.29 is 14.6 Å². The fourth-order valence-corrected chi connectivity index (χ4v) is 8.89. The molecule has 268 valence electrons. The number of guanidine groups is 1. The Bertz CT molecular complexity index is 1770. The third kappa shape index (κ3) is 6.68. The number of carbonyl (C=O) groups excluding carboxylic acids is 1. The summed E-state index contributed by atoms with van der Waals surface area (Å²) in [6, 6.07) is 9.42. The highest BCUT2D eigenvalue weighted by Gasteiger charge is 2.54. The molecule has 2 aromatic heterocycles. The molecule has 11 nitrogen and oxygen atoms in total. The lowest BCUT2D eigenvalue weighted by Gasteiger charge is -2.59. The number of ether oxygens (including phenoxy) is 1. The Balaban J connectivity index is 0.00000193. The van der Waals surface area contributed by atoms with Gasteiger partial charge in [0.15, 0.2) is 11.6 Å². The Hall–Kier alpha value is -4.12. The third-order valence-electron chi connectivity index (χ3n) is 11.2. The van der Waals surface area contributed by atoms with E-state index in [1.54, 1.807) is 6.07 Å². The first-order valence-electron chi connectivity index (χ1n) is 18.7. The van der Waals surface area contributed by atoms with Crippen LogP contribution in [0, 0.1) is 17.3 Å². The molecular formula is C39H54N8O3. The maximum absolute atomic E-state index is 12.3. The van der Waals surface area contributed by atoms with Crippen LogP contribution in [0.3, 0.4) is 0 Å². The van der Waals surface area contributed by atoms with Crippen LogP contribution in [-0.4, -0.2) is 98.5 Å². The number of aromatic amines is 1. The van der Waals surface area contributed by atoms with Crippen LogP contribution in [0.25, 0.3) is 22.3 Å². The number of amides is 1. The highest BCUT2D eigenvalue weighted by molar-refractivity contribution is 5.88. The molecule has 1 amide bonds. The van der Waals surface area contributed by atoms with Gasteiger partial charge in [0.2, 0.25) is 0 Å². The minimum absolute atomic E-state index is 0.110. The van der Waals surface area contributed by atoms with Crippen molar-refractivity contribution >= 4 is 23.1 Å². The van der Waals surface area contributed by atoms with Gasteiger partial charge in [-0.15, -0.1) is 10.2 Å². The van der Waals surface area contributed by atoms with Gasteiger partial charge in [-0.05, 0) is 102 Å². The quantitative estimate of drug-likeness (QED) is 0.286. The zero-order chi connectivity index (χ0) is 35.2. The molecule has 1 unspecified atom stereocenters. The molecule has 4 aliphatic heterocycles. The molecule has 50 heavy (non-hydrogen) atoms. The summed E-state index contributed by atoms with van der Waals surface area (Å²) in [5.74, 6) is 2.46. The van der Waals surface area contributed by atoms with E-state index >= 15 is 0 Å². The molecule has 1 atom stereocenters. The minimum atomic E-state index is -0.431. The van der Waals surface area contributed by atoms with Crippen LogP contribution in [0.5, 0.6) is 5.75 Å². The number of rotatable bonds is 4. The number of benzene rings is 1. The van der Waals surface area contributed by atoms with Gasteiger partial charge in [0.1, 0.15) is 11.4 Å². The summed E-state index contributed by atoms with van der Waals surface area (Å²) >= 11 is 0. The average molecular weight is 683 g/mol. The van der Waals surface area contributed by atoms with Crippen LogP contribution in [0.2, 0.25) is 0 Å². The number of para-hydroxylation sites is 1. The number of hydrogen-bond donors (Lipinski definition) is 3. The second kappa shape index (κ2) is 13.5. The monoisotopic (exact) mass is 682 g/mol. The van der Waals surface area contributed by atoms with Gasteiger partial charge in [0.25, 0.3) is 0 Å². The van der Waals surface area contributed by atoms with E-state index in [4.69, 9.17) is 9.73 Å². The fraction of sp³-hybridized carbons (Fsp3) is 0.590. The molecule has 0 bridgehead atoms. The molecule has 1 aromatic carbocycles. The Morgan fingerprint density at radius 2 is 1.82 bits per heavy atom. The van der Waals surface area contributed by atoms with Gasteiger partial charge >= 0.3 is 6.09 Å². The smallest absolute Gasteiger partial charge is 0.410 e. The summed E-state index contributed by atoms with van der Waals surface area (Å²) in [6.07, 6.45) is 7.78. The molecule has 5 aliphatic rings. The number of likely N-dealkylation sites (tertiary alicyclic amines) is 2. The molecule has 3 N–H and O–H groups in total. The predicted molar refractivity (Wildman–Crippen MR) is 197 cm³/mol. The molecule has 2 saturated heterocycles. The largest absolute Gasteiger partial charge is 0.507 e. The Morgan fingerprint density at radius 1 is 1.08 bits per heavy atom. The minimum Gasteiger partial charge on any atom is -0.507 e. The second-order valence-corrected chi connectivity index (χ2v) is 15.8. The summed E-state index contributed by atoms with van der Waals surface area (Å²) in [4.78, 5) is 27.8. The van der Waals surface area contributed by atoms with Crippen molar-refractivity contribution in [3.63, 3.8) is 0 Å². The maximum Gasteiger partial charge on any atom is 0.410 e. The molecule has 1 aliphatic carbocycles. The lowest BCUT2D eigenvalue weighted by atomic mass is 9.57. The van der Waals surface area contributed by atoms with Crippen molar-refractivity contribution in [2.45, 2.75) is 85.3 Å². The predicted octanol–water partition coefficient (Wildman–Crippen LogP) is 6.48. The van der Waals surface area contributed by atoms with Crippen molar-refractivity contribution in [2.24, 2.45) is 22.2 Å². The molecule has 1 saturated carbocycles. The first kappa shape index (κ1) is 34.3. The number of hydrogen-bond acceptors (Lipinski definition) is 9. The lowest BCUT2D eigenvalue weighted by molar-refractivity contribution is -0.101. The van der Waals surface area contributed by atoms with Gasteiger partial charge < -0.3 is 34.8 Å². The number of aromatic hydroxyl groups is 1. The van der Waals surface area contributed by atoms with Crippen molar-refractivity contribution in [1.82, 2.24) is 35.2 Å². The molecule has 6 heterocycles. The van der Waals surface area contributed by atoms with Gasteiger partial charge in [-0.25, -0.2) is 9.79 Å². The zero-order valence-corrected chi connectivity index (χ0v) is 30.6. The molecule has 11 heteroatoms. The van der Waals surface area contributed by atoms with E-state index in [1.165, 1.54) is 49.1 Å². The maximum atomic E-state index is 12.3. The van der Waals surface area contributed by atoms with Crippen LogP contribution in [0.15, 0.2) is 47.1 Å². The molecular weight excluding hydrogens is 628 g/mol. The van der Waals surface area contributed by atoms with Crippen molar-refractivity contribution in [2.75, 3.05) is 45.8 Å². The summed E-state index contributed by atoms with van der Waals surface area (Å²) < 4.78 is 5.54. The molecule has 1 spiro atoms. The number of nitrogens with one attached hydrogen (secondary N) is 2. The van der Waals surface area contributed by atoms with Crippen molar-refractivity contribution in [3.05, 3.63) is 53.4 Å². The van der Waals surface area contributed by atoms with Crippen molar-refractivity contribution in [3.8, 4) is 17.0 Å². The molecule has 8 rings (SSSR count). The number of carbonyl (C=O) groups is 1. The van der Waals surface area contributed by atoms with E-state index in [1.807, 2.05) is 63.8 Å². The fourth-order valence-electron chi connectivity index (χ4n) is 8.89. The number of phenolic OH excluding ortho intramolecular Hbond substituents is 1. The third-order valence-corrected chi connectivity index (χ3v) is 11.2. The number of H-pyrrole nitrogens is 1. The average Bonchev–Trinajstić information content (AvgIpc) is 3.45. The summed E-state index contributed by atoms with van der Waals surface area (Å²) in [6.45, 7) is 18.8. The summed E-state index contributed by atoms with van der Waals surface area (Å²) in [7, 11) is 0. The van der Waals surface area contributed by atoms with Crippen LogP contribution < -0.4 is 5.32 Å². The highest BCUT2D eigenvalue weighted by atomic mass is 16.6. The van der Waals surface area contributed by atoms with Crippen LogP contribution in [-0.2, 0) is 11.2 Å². The van der Waals surface area contributed by atoms with Crippen molar-refractivity contribution in [1.29, 1.82) is 0 Å². The van der Waals surface area contributed by atoms with Crippen LogP contribution >= 0.6 is 0 Å². The van der Waals surface area contributed by atoms with E-state index in [0.29, 0.717) is 22.6 Å². The Morgan fingerprint density at radius 3 is 2.50 bits per heavy atom. The Kier molecular flexibility index (Phi) is 9.30. The number of fused-ring (bicyclic) bond motifs is 3. The van der Waals surface area contributed by atoms with Gasteiger partial charge in [-0.3, -0.25) is 0 Å². The zero-order valence-electron chi connectivity index (χ0n) is 30.6. The van der Waals surface area contributed by atoms with E-state index in [9.17, 15) is 9.90 Å². The summed E-state index contributed by atoms with van der Waals surface area (Å²) in [5.41, 5.74) is 5.89. The van der Waals surface area contributed by atoms with Crippen LogP contribution in [0.1, 0.15) is 84.5 Å².